The van der Waals surface area contributed by atoms with Crippen LogP contribution in [0.2, 0.25) is 0 Å². The average molecular weight is 458 g/mol. The lowest BCUT2D eigenvalue weighted by molar-refractivity contribution is -0.152. The minimum absolute atomic E-state index is 0.0776. The van der Waals surface area contributed by atoms with Gasteiger partial charge in [-0.25, -0.2) is 0 Å². The van der Waals surface area contributed by atoms with Crippen molar-refractivity contribution in [1.29, 1.82) is 0 Å². The summed E-state index contributed by atoms with van der Waals surface area (Å²) in [5.41, 5.74) is 3.28. The van der Waals surface area contributed by atoms with Crippen LogP contribution in [-0.2, 0) is 27.4 Å². The zero-order chi connectivity index (χ0) is 24.2. The van der Waals surface area contributed by atoms with Gasteiger partial charge in [0.05, 0.1) is 11.0 Å². The first-order valence-corrected chi connectivity index (χ1v) is 11.0. The van der Waals surface area contributed by atoms with Crippen molar-refractivity contribution in [3.63, 3.8) is 0 Å². The molecule has 3 aromatic carbocycles. The van der Waals surface area contributed by atoms with Crippen molar-refractivity contribution in [2.24, 2.45) is 0 Å². The second kappa shape index (κ2) is 9.79. The highest BCUT2D eigenvalue weighted by Crippen LogP contribution is 2.19. The highest BCUT2D eigenvalue weighted by molar-refractivity contribution is 5.94. The number of carbonyl (C=O) groups is 2. The first-order valence-electron chi connectivity index (χ1n) is 11.0. The van der Waals surface area contributed by atoms with Crippen LogP contribution in [0.1, 0.15) is 5.56 Å². The van der Waals surface area contributed by atoms with Gasteiger partial charge in [0.15, 0.2) is 12.0 Å². The fraction of sp³-hybridized carbons (Fsp3) is 0.222. The van der Waals surface area contributed by atoms with Crippen molar-refractivity contribution in [2.75, 3.05) is 32.6 Å². The number of carbonyl (C=O) groups excluding carboxylic acids is 2. The van der Waals surface area contributed by atoms with E-state index in [-0.39, 0.29) is 24.5 Å². The lowest BCUT2D eigenvalue weighted by Crippen LogP contribution is -2.31. The molecule has 1 aromatic heterocycles. The highest BCUT2D eigenvalue weighted by Gasteiger charge is 2.16. The fourth-order valence-electron chi connectivity index (χ4n) is 3.94. The van der Waals surface area contributed by atoms with Crippen molar-refractivity contribution in [1.82, 2.24) is 9.47 Å². The number of amides is 1. The van der Waals surface area contributed by atoms with E-state index in [0.29, 0.717) is 28.4 Å². The summed E-state index contributed by atoms with van der Waals surface area (Å²) < 4.78 is 7.07. The zero-order valence-corrected chi connectivity index (χ0v) is 19.5. The van der Waals surface area contributed by atoms with Crippen molar-refractivity contribution in [3.8, 4) is 0 Å². The number of anilines is 1. The molecule has 1 heterocycles. The normalized spacial score (nSPS) is 10.9. The zero-order valence-electron chi connectivity index (χ0n) is 19.5. The Labute approximate surface area is 197 Å². The SMILES string of the molecule is CN(Cc1ccc(N(C)C)cc1)C(=O)COC(=O)Cn1c2ccccc2c(=O)c2ccccc21. The molecule has 0 atom stereocenters. The standard InChI is InChI=1S/C27H27N3O4/c1-28(2)20-14-12-19(13-15-20)16-29(3)25(31)18-34-26(32)17-30-23-10-6-4-8-21(23)27(33)22-9-5-7-11-24(22)30/h4-15H,16-18H2,1-3H3. The predicted molar refractivity (Wildman–Crippen MR) is 134 cm³/mol. The van der Waals surface area contributed by atoms with Crippen LogP contribution in [0, 0.1) is 0 Å². The Kier molecular flexibility index (Phi) is 6.63. The lowest BCUT2D eigenvalue weighted by Gasteiger charge is -2.19. The number of pyridine rings is 1. The Morgan fingerprint density at radius 3 is 1.94 bits per heavy atom. The summed E-state index contributed by atoms with van der Waals surface area (Å²) in [4.78, 5) is 41.6. The molecule has 7 nitrogen and oxygen atoms in total. The van der Waals surface area contributed by atoms with Gasteiger partial charge in [0, 0.05) is 44.1 Å². The second-order valence-corrected chi connectivity index (χ2v) is 8.42. The maximum absolute atomic E-state index is 12.8. The molecule has 0 bridgehead atoms. The second-order valence-electron chi connectivity index (χ2n) is 8.42. The molecule has 0 aliphatic rings. The van der Waals surface area contributed by atoms with E-state index in [0.717, 1.165) is 11.3 Å². The van der Waals surface area contributed by atoms with Crippen molar-refractivity contribution < 1.29 is 14.3 Å². The molecule has 0 fully saturated rings. The third-order valence-electron chi connectivity index (χ3n) is 5.82. The number of fused-ring (bicyclic) bond motifs is 2. The predicted octanol–water partition coefficient (Wildman–Crippen LogP) is 3.42. The van der Waals surface area contributed by atoms with Crippen LogP contribution in [0.4, 0.5) is 5.69 Å². The van der Waals surface area contributed by atoms with Gasteiger partial charge in [-0.2, -0.15) is 0 Å². The average Bonchev–Trinajstić information content (AvgIpc) is 2.85. The molecule has 34 heavy (non-hydrogen) atoms. The van der Waals surface area contributed by atoms with Gasteiger partial charge < -0.3 is 19.1 Å². The molecule has 0 aliphatic heterocycles. The maximum atomic E-state index is 12.8. The lowest BCUT2D eigenvalue weighted by atomic mass is 10.1. The van der Waals surface area contributed by atoms with Gasteiger partial charge in [-0.1, -0.05) is 36.4 Å². The molecule has 174 valence electrons. The molecule has 4 aromatic rings. The minimum atomic E-state index is -0.545. The number of para-hydroxylation sites is 2. The smallest absolute Gasteiger partial charge is 0.326 e. The molecule has 4 rings (SSSR count). The van der Waals surface area contributed by atoms with Crippen LogP contribution in [0.3, 0.4) is 0 Å². The number of esters is 1. The van der Waals surface area contributed by atoms with E-state index in [1.54, 1.807) is 48.0 Å². The Hall–Kier alpha value is -4.13. The van der Waals surface area contributed by atoms with Crippen molar-refractivity contribution >= 4 is 39.4 Å². The van der Waals surface area contributed by atoms with Crippen LogP contribution in [0.15, 0.2) is 77.6 Å². The third kappa shape index (κ3) is 4.78. The summed E-state index contributed by atoms with van der Waals surface area (Å²) >= 11 is 0. The van der Waals surface area contributed by atoms with E-state index in [1.165, 1.54) is 4.90 Å². The molecule has 0 N–H and O–H groups in total. The summed E-state index contributed by atoms with van der Waals surface area (Å²) in [6.07, 6.45) is 0. The molecule has 7 heteroatoms. The van der Waals surface area contributed by atoms with E-state index in [4.69, 9.17) is 4.74 Å². The Morgan fingerprint density at radius 2 is 1.38 bits per heavy atom. The maximum Gasteiger partial charge on any atom is 0.326 e. The van der Waals surface area contributed by atoms with Crippen LogP contribution in [0.5, 0.6) is 0 Å². The number of hydrogen-bond donors (Lipinski definition) is 0. The molecular formula is C27H27N3O4. The number of benzene rings is 3. The summed E-state index contributed by atoms with van der Waals surface area (Å²) in [6.45, 7) is -0.0371. The summed E-state index contributed by atoms with van der Waals surface area (Å²) in [7, 11) is 5.62. The van der Waals surface area contributed by atoms with Gasteiger partial charge >= 0.3 is 5.97 Å². The first kappa shape index (κ1) is 23.0. The quantitative estimate of drug-likeness (QED) is 0.314. The fourth-order valence-corrected chi connectivity index (χ4v) is 3.94. The van der Waals surface area contributed by atoms with Gasteiger partial charge in [-0.05, 0) is 42.0 Å². The molecule has 0 radical (unpaired) electrons. The van der Waals surface area contributed by atoms with Crippen molar-refractivity contribution in [3.05, 3.63) is 88.6 Å². The largest absolute Gasteiger partial charge is 0.454 e. The molecular weight excluding hydrogens is 430 g/mol. The van der Waals surface area contributed by atoms with Gasteiger partial charge in [0.2, 0.25) is 0 Å². The number of likely N-dealkylation sites (N-methyl/N-ethyl adjacent to an activating group) is 1. The Balaban J connectivity index is 1.44. The topological polar surface area (TPSA) is 71.8 Å². The molecule has 0 saturated heterocycles. The van der Waals surface area contributed by atoms with E-state index in [9.17, 15) is 14.4 Å². The van der Waals surface area contributed by atoms with Crippen LogP contribution in [-0.4, -0.2) is 49.1 Å². The number of hydrogen-bond acceptors (Lipinski definition) is 5. The first-order chi connectivity index (χ1) is 16.3. The van der Waals surface area contributed by atoms with Gasteiger partial charge in [0.25, 0.3) is 5.91 Å². The minimum Gasteiger partial charge on any atom is -0.454 e. The highest BCUT2D eigenvalue weighted by atomic mass is 16.5. The summed E-state index contributed by atoms with van der Waals surface area (Å²) in [5, 5.41) is 1.06. The third-order valence-corrected chi connectivity index (χ3v) is 5.82. The van der Waals surface area contributed by atoms with Gasteiger partial charge in [0.1, 0.15) is 6.54 Å². The number of rotatable bonds is 7. The Morgan fingerprint density at radius 1 is 0.824 bits per heavy atom. The van der Waals surface area contributed by atoms with Crippen molar-refractivity contribution in [2.45, 2.75) is 13.1 Å². The molecule has 1 amide bonds. The van der Waals surface area contributed by atoms with E-state index < -0.39 is 5.97 Å². The van der Waals surface area contributed by atoms with Gasteiger partial charge in [-0.15, -0.1) is 0 Å². The molecule has 0 saturated carbocycles. The van der Waals surface area contributed by atoms with Crippen LogP contribution in [0.25, 0.3) is 21.8 Å². The Bertz CT molecular complexity index is 1350. The number of aromatic nitrogens is 1. The van der Waals surface area contributed by atoms with E-state index >= 15 is 0 Å². The van der Waals surface area contributed by atoms with Crippen LogP contribution < -0.4 is 10.3 Å². The monoisotopic (exact) mass is 457 g/mol. The summed E-state index contributed by atoms with van der Waals surface area (Å²) in [5.74, 6) is -0.837. The number of nitrogens with zero attached hydrogens (tertiary/aromatic N) is 3. The molecule has 0 spiro atoms. The van der Waals surface area contributed by atoms with Crippen LogP contribution >= 0.6 is 0 Å². The molecule has 0 aliphatic carbocycles. The van der Waals surface area contributed by atoms with E-state index in [1.807, 2.05) is 55.4 Å². The van der Waals surface area contributed by atoms with Gasteiger partial charge in [-0.3, -0.25) is 14.4 Å². The number of ether oxygens (including phenoxy) is 1. The molecule has 0 unspecified atom stereocenters. The summed E-state index contributed by atoms with van der Waals surface area (Å²) in [6, 6.07) is 22.3. The van der Waals surface area contributed by atoms with E-state index in [2.05, 4.69) is 0 Å².